The molecule has 7 heteroatoms. The third-order valence-corrected chi connectivity index (χ3v) is 2.76. The molecule has 0 radical (unpaired) electrons. The highest BCUT2D eigenvalue weighted by atomic mass is 16.6. The summed E-state index contributed by atoms with van der Waals surface area (Å²) in [4.78, 5) is 22.4. The van der Waals surface area contributed by atoms with Crippen LogP contribution in [-0.4, -0.2) is 37.1 Å². The lowest BCUT2D eigenvalue weighted by Crippen LogP contribution is -2.27. The number of ether oxygens (including phenoxy) is 1. The summed E-state index contributed by atoms with van der Waals surface area (Å²) in [5.41, 5.74) is 0.712. The molecule has 0 atom stereocenters. The molecule has 0 heterocycles. The number of carbonyl (C=O) groups excluding carboxylic acids is 1. The molecular formula is C14H21N3O4. The number of nitro groups is 1. The van der Waals surface area contributed by atoms with Gasteiger partial charge in [-0.25, -0.2) is 0 Å². The van der Waals surface area contributed by atoms with E-state index in [4.69, 9.17) is 4.74 Å². The van der Waals surface area contributed by atoms with Crippen LogP contribution in [0.1, 0.15) is 30.6 Å². The Morgan fingerprint density at radius 3 is 2.71 bits per heavy atom. The molecule has 0 aliphatic heterocycles. The van der Waals surface area contributed by atoms with Crippen LogP contribution in [-0.2, 0) is 4.74 Å². The van der Waals surface area contributed by atoms with Crippen molar-refractivity contribution >= 4 is 17.3 Å². The lowest BCUT2D eigenvalue weighted by Gasteiger charge is -2.09. The zero-order chi connectivity index (χ0) is 15.7. The maximum atomic E-state index is 12.0. The maximum absolute atomic E-state index is 12.0. The molecule has 2 N–H and O–H groups in total. The summed E-state index contributed by atoms with van der Waals surface area (Å²) >= 11 is 0. The summed E-state index contributed by atoms with van der Waals surface area (Å²) in [6.07, 6.45) is 0.835. The fraction of sp³-hybridized carbons (Fsp3) is 0.500. The third-order valence-electron chi connectivity index (χ3n) is 2.76. The summed E-state index contributed by atoms with van der Waals surface area (Å²) in [6, 6.07) is 4.30. The molecule has 0 aliphatic carbocycles. The highest BCUT2D eigenvalue weighted by Crippen LogP contribution is 2.25. The molecule has 0 saturated heterocycles. The quantitative estimate of drug-likeness (QED) is 0.414. The molecular weight excluding hydrogens is 274 g/mol. The first-order valence-electron chi connectivity index (χ1n) is 6.98. The van der Waals surface area contributed by atoms with Gasteiger partial charge in [0.1, 0.15) is 5.69 Å². The highest BCUT2D eigenvalue weighted by molar-refractivity contribution is 5.95. The van der Waals surface area contributed by atoms with Crippen molar-refractivity contribution in [1.82, 2.24) is 5.32 Å². The van der Waals surface area contributed by atoms with Gasteiger partial charge in [0.2, 0.25) is 0 Å². The monoisotopic (exact) mass is 295 g/mol. The SMILES string of the molecule is CCCNc1cc(C(=O)NCCOCC)ccc1[N+](=O)[O-]. The van der Waals surface area contributed by atoms with Crippen molar-refractivity contribution in [3.8, 4) is 0 Å². The number of hydrogen-bond acceptors (Lipinski definition) is 5. The first kappa shape index (κ1) is 16.9. The van der Waals surface area contributed by atoms with Gasteiger partial charge in [-0.1, -0.05) is 6.92 Å². The number of nitrogens with one attached hydrogen (secondary N) is 2. The maximum Gasteiger partial charge on any atom is 0.292 e. The van der Waals surface area contributed by atoms with Gasteiger partial charge >= 0.3 is 0 Å². The Morgan fingerprint density at radius 2 is 2.10 bits per heavy atom. The van der Waals surface area contributed by atoms with Crippen molar-refractivity contribution < 1.29 is 14.5 Å². The zero-order valence-electron chi connectivity index (χ0n) is 12.3. The molecule has 1 aromatic carbocycles. The van der Waals surface area contributed by atoms with Crippen LogP contribution in [0, 0.1) is 10.1 Å². The van der Waals surface area contributed by atoms with Crippen molar-refractivity contribution in [2.24, 2.45) is 0 Å². The lowest BCUT2D eigenvalue weighted by molar-refractivity contribution is -0.384. The molecule has 1 aromatic rings. The van der Waals surface area contributed by atoms with E-state index < -0.39 is 4.92 Å². The highest BCUT2D eigenvalue weighted by Gasteiger charge is 2.16. The number of nitro benzene ring substituents is 1. The van der Waals surface area contributed by atoms with Crippen molar-refractivity contribution in [3.05, 3.63) is 33.9 Å². The largest absolute Gasteiger partial charge is 0.380 e. The molecule has 0 saturated carbocycles. The average molecular weight is 295 g/mol. The normalized spacial score (nSPS) is 10.2. The number of anilines is 1. The second-order valence-electron chi connectivity index (χ2n) is 4.37. The van der Waals surface area contributed by atoms with Gasteiger partial charge < -0.3 is 15.4 Å². The Morgan fingerprint density at radius 1 is 1.33 bits per heavy atom. The summed E-state index contributed by atoms with van der Waals surface area (Å²) < 4.78 is 5.13. The number of rotatable bonds is 9. The number of hydrogen-bond donors (Lipinski definition) is 2. The molecule has 0 spiro atoms. The predicted molar refractivity (Wildman–Crippen MR) is 80.7 cm³/mol. The van der Waals surface area contributed by atoms with Crippen LogP contribution >= 0.6 is 0 Å². The molecule has 0 unspecified atom stereocenters. The van der Waals surface area contributed by atoms with E-state index in [1.165, 1.54) is 18.2 Å². The van der Waals surface area contributed by atoms with E-state index in [-0.39, 0.29) is 11.6 Å². The minimum absolute atomic E-state index is 0.0330. The van der Waals surface area contributed by atoms with Crippen molar-refractivity contribution in [2.75, 3.05) is 31.6 Å². The first-order chi connectivity index (χ1) is 10.1. The van der Waals surface area contributed by atoms with Crippen LogP contribution in [0.2, 0.25) is 0 Å². The van der Waals surface area contributed by atoms with Crippen LogP contribution in [0.25, 0.3) is 0 Å². The number of carbonyl (C=O) groups is 1. The third kappa shape index (κ3) is 5.39. The molecule has 0 aromatic heterocycles. The van der Waals surface area contributed by atoms with E-state index in [1.807, 2.05) is 13.8 Å². The van der Waals surface area contributed by atoms with E-state index in [0.29, 0.717) is 37.6 Å². The molecule has 0 fully saturated rings. The second-order valence-corrected chi connectivity index (χ2v) is 4.37. The van der Waals surface area contributed by atoms with Gasteiger partial charge in [0.25, 0.3) is 11.6 Å². The van der Waals surface area contributed by atoms with Gasteiger partial charge in [-0.3, -0.25) is 14.9 Å². The van der Waals surface area contributed by atoms with Crippen LogP contribution in [0.4, 0.5) is 11.4 Å². The Hall–Kier alpha value is -2.15. The van der Waals surface area contributed by atoms with E-state index in [1.54, 1.807) is 0 Å². The predicted octanol–water partition coefficient (Wildman–Crippen LogP) is 2.18. The molecule has 0 aliphatic rings. The van der Waals surface area contributed by atoms with Gasteiger partial charge in [-0.15, -0.1) is 0 Å². The average Bonchev–Trinajstić information content (AvgIpc) is 2.48. The molecule has 1 amide bonds. The van der Waals surface area contributed by atoms with Gasteiger partial charge in [0.15, 0.2) is 0 Å². The minimum Gasteiger partial charge on any atom is -0.380 e. The van der Waals surface area contributed by atoms with Gasteiger partial charge in [0.05, 0.1) is 11.5 Å². The standard InChI is InChI=1S/C14H21N3O4/c1-3-7-15-12-10-11(5-6-13(12)17(19)20)14(18)16-8-9-21-4-2/h5-6,10,15H,3-4,7-9H2,1-2H3,(H,16,18). The number of benzene rings is 1. The summed E-state index contributed by atoms with van der Waals surface area (Å²) in [7, 11) is 0. The Labute approximate surface area is 123 Å². The Bertz CT molecular complexity index is 491. The van der Waals surface area contributed by atoms with Crippen molar-refractivity contribution in [1.29, 1.82) is 0 Å². The number of amides is 1. The minimum atomic E-state index is -0.464. The second kappa shape index (κ2) is 8.91. The molecule has 1 rings (SSSR count). The lowest BCUT2D eigenvalue weighted by atomic mass is 10.1. The smallest absolute Gasteiger partial charge is 0.292 e. The summed E-state index contributed by atoms with van der Waals surface area (Å²) in [6.45, 7) is 5.89. The van der Waals surface area contributed by atoms with Crippen LogP contribution in [0.15, 0.2) is 18.2 Å². The molecule has 0 bridgehead atoms. The molecule has 21 heavy (non-hydrogen) atoms. The van der Waals surface area contributed by atoms with Crippen LogP contribution in [0.5, 0.6) is 0 Å². The van der Waals surface area contributed by atoms with E-state index in [9.17, 15) is 14.9 Å². The zero-order valence-corrected chi connectivity index (χ0v) is 12.3. The fourth-order valence-corrected chi connectivity index (χ4v) is 1.72. The van der Waals surface area contributed by atoms with Crippen LogP contribution in [0.3, 0.4) is 0 Å². The fourth-order valence-electron chi connectivity index (χ4n) is 1.72. The van der Waals surface area contributed by atoms with E-state index in [2.05, 4.69) is 10.6 Å². The van der Waals surface area contributed by atoms with Gasteiger partial charge in [-0.05, 0) is 25.5 Å². The Balaban J connectivity index is 2.78. The summed E-state index contributed by atoms with van der Waals surface area (Å²) in [5, 5.41) is 16.6. The van der Waals surface area contributed by atoms with Crippen molar-refractivity contribution in [2.45, 2.75) is 20.3 Å². The Kier molecular flexibility index (Phi) is 7.17. The summed E-state index contributed by atoms with van der Waals surface area (Å²) in [5.74, 6) is -0.274. The molecule has 7 nitrogen and oxygen atoms in total. The topological polar surface area (TPSA) is 93.5 Å². The van der Waals surface area contributed by atoms with E-state index in [0.717, 1.165) is 6.42 Å². The first-order valence-corrected chi connectivity index (χ1v) is 6.98. The number of nitrogens with zero attached hydrogens (tertiary/aromatic N) is 1. The van der Waals surface area contributed by atoms with Gasteiger partial charge in [-0.2, -0.15) is 0 Å². The van der Waals surface area contributed by atoms with Crippen molar-refractivity contribution in [3.63, 3.8) is 0 Å². The van der Waals surface area contributed by atoms with Crippen LogP contribution < -0.4 is 10.6 Å². The van der Waals surface area contributed by atoms with E-state index >= 15 is 0 Å². The molecule has 116 valence electrons. The van der Waals surface area contributed by atoms with Gasteiger partial charge in [0, 0.05) is 31.3 Å².